The molecule has 2 heterocycles. The van der Waals surface area contributed by atoms with Gasteiger partial charge in [0.15, 0.2) is 0 Å². The van der Waals surface area contributed by atoms with E-state index in [1.54, 1.807) is 18.4 Å². The van der Waals surface area contributed by atoms with Crippen LogP contribution in [0.4, 0.5) is 0 Å². The summed E-state index contributed by atoms with van der Waals surface area (Å²) in [4.78, 5) is 17.0. The molecule has 4 nitrogen and oxygen atoms in total. The number of fused-ring (bicyclic) bond motifs is 2. The molecule has 2 aromatic heterocycles. The number of hydrogen-bond donors (Lipinski definition) is 0. The zero-order chi connectivity index (χ0) is 13.5. The van der Waals surface area contributed by atoms with Gasteiger partial charge >= 0.3 is 5.84 Å². The van der Waals surface area contributed by atoms with Gasteiger partial charge in [-0.2, -0.15) is 4.98 Å². The van der Waals surface area contributed by atoms with Gasteiger partial charge in [0.05, 0.1) is 16.6 Å². The first-order valence-electron chi connectivity index (χ1n) is 6.29. The predicted molar refractivity (Wildman–Crippen MR) is 76.7 cm³/mol. The van der Waals surface area contributed by atoms with Crippen molar-refractivity contribution in [2.45, 2.75) is 0 Å². The lowest BCUT2D eigenvalue weighted by atomic mass is 10.2. The number of aromatic nitrogens is 2. The maximum atomic E-state index is 12.6. The molecule has 20 heavy (non-hydrogen) atoms. The van der Waals surface area contributed by atoms with Crippen LogP contribution in [0.5, 0.6) is 0 Å². The highest BCUT2D eigenvalue weighted by atomic mass is 16.3. The fraction of sp³-hybridized carbons (Fsp3) is 0. The Bertz CT molecular complexity index is 968. The average molecular weight is 262 g/mol. The van der Waals surface area contributed by atoms with E-state index in [1.807, 2.05) is 42.5 Å². The predicted octanol–water partition coefficient (Wildman–Crippen LogP) is 3.11. The summed E-state index contributed by atoms with van der Waals surface area (Å²) in [6, 6.07) is 16.9. The lowest BCUT2D eigenvalue weighted by molar-refractivity contribution is 0.593. The van der Waals surface area contributed by atoms with E-state index in [4.69, 9.17) is 4.42 Å². The summed E-state index contributed by atoms with van der Waals surface area (Å²) in [5, 5.41) is 0.587. The minimum Gasteiger partial charge on any atom is -0.431 e. The molecule has 0 saturated carbocycles. The first-order chi connectivity index (χ1) is 9.84. The Morgan fingerprint density at radius 2 is 1.70 bits per heavy atom. The Balaban J connectivity index is 2.16. The highest BCUT2D eigenvalue weighted by molar-refractivity contribution is 5.79. The van der Waals surface area contributed by atoms with E-state index < -0.39 is 0 Å². The summed E-state index contributed by atoms with van der Waals surface area (Å²) in [5.41, 5.74) is 2.17. The van der Waals surface area contributed by atoms with Gasteiger partial charge in [-0.05, 0) is 12.1 Å². The van der Waals surface area contributed by atoms with Crippen LogP contribution < -0.4 is 5.56 Å². The van der Waals surface area contributed by atoms with Crippen molar-refractivity contribution in [1.82, 2.24) is 9.38 Å². The van der Waals surface area contributed by atoms with Gasteiger partial charge in [-0.1, -0.05) is 42.5 Å². The van der Waals surface area contributed by atoms with Crippen molar-refractivity contribution < 1.29 is 4.42 Å². The molecule has 0 unspecified atom stereocenters. The van der Waals surface area contributed by atoms with Gasteiger partial charge < -0.3 is 4.42 Å². The van der Waals surface area contributed by atoms with E-state index in [9.17, 15) is 4.79 Å². The minimum atomic E-state index is -0.113. The van der Waals surface area contributed by atoms with Crippen LogP contribution in [0.1, 0.15) is 0 Å². The molecule has 96 valence electrons. The van der Waals surface area contributed by atoms with Crippen LogP contribution in [0.2, 0.25) is 0 Å². The van der Waals surface area contributed by atoms with Gasteiger partial charge in [0.1, 0.15) is 6.26 Å². The Hall–Kier alpha value is -2.88. The van der Waals surface area contributed by atoms with Crippen LogP contribution in [0.3, 0.4) is 0 Å². The largest absolute Gasteiger partial charge is 0.431 e. The SMILES string of the molecule is O=c1c2ccccc2nc2occ(-c3ccccc3)n12. The quantitative estimate of drug-likeness (QED) is 0.529. The summed E-state index contributed by atoms with van der Waals surface area (Å²) in [6.07, 6.45) is 1.57. The van der Waals surface area contributed by atoms with Crippen molar-refractivity contribution in [2.75, 3.05) is 0 Å². The molecule has 0 aliphatic rings. The van der Waals surface area contributed by atoms with E-state index in [1.165, 1.54) is 4.40 Å². The lowest BCUT2D eigenvalue weighted by Gasteiger charge is -2.01. The number of hydrogen-bond acceptors (Lipinski definition) is 3. The fourth-order valence-electron chi connectivity index (χ4n) is 2.37. The van der Waals surface area contributed by atoms with Crippen LogP contribution in [-0.2, 0) is 0 Å². The van der Waals surface area contributed by atoms with Gasteiger partial charge in [-0.15, -0.1) is 0 Å². The van der Waals surface area contributed by atoms with Crippen molar-refractivity contribution in [3.63, 3.8) is 0 Å². The molecule has 0 aliphatic heterocycles. The van der Waals surface area contributed by atoms with Crippen LogP contribution in [-0.4, -0.2) is 9.38 Å². The van der Waals surface area contributed by atoms with Crippen molar-refractivity contribution >= 4 is 16.7 Å². The first-order valence-corrected chi connectivity index (χ1v) is 6.29. The Kier molecular flexibility index (Phi) is 2.23. The first kappa shape index (κ1) is 11.0. The Labute approximate surface area is 113 Å². The highest BCUT2D eigenvalue weighted by Crippen LogP contribution is 2.21. The zero-order valence-electron chi connectivity index (χ0n) is 10.5. The zero-order valence-corrected chi connectivity index (χ0v) is 10.5. The molecule has 0 saturated heterocycles. The van der Waals surface area contributed by atoms with Gasteiger partial charge in [-0.3, -0.25) is 4.79 Å². The molecule has 0 radical (unpaired) electrons. The molecule has 0 atom stereocenters. The monoisotopic (exact) mass is 262 g/mol. The maximum Gasteiger partial charge on any atom is 0.309 e. The molecule has 0 fully saturated rings. The highest BCUT2D eigenvalue weighted by Gasteiger charge is 2.13. The molecule has 4 rings (SSSR count). The molecule has 2 aromatic carbocycles. The van der Waals surface area contributed by atoms with Gasteiger partial charge in [0, 0.05) is 5.56 Å². The Morgan fingerprint density at radius 1 is 0.950 bits per heavy atom. The molecule has 0 spiro atoms. The van der Waals surface area contributed by atoms with Crippen molar-refractivity contribution in [1.29, 1.82) is 0 Å². The van der Waals surface area contributed by atoms with Crippen LogP contribution >= 0.6 is 0 Å². The minimum absolute atomic E-state index is 0.113. The molecule has 4 heteroatoms. The number of nitrogens with zero attached hydrogens (tertiary/aromatic N) is 2. The van der Waals surface area contributed by atoms with E-state index in [0.29, 0.717) is 22.4 Å². The lowest BCUT2D eigenvalue weighted by Crippen LogP contribution is -2.14. The topological polar surface area (TPSA) is 47.5 Å². The maximum absolute atomic E-state index is 12.6. The summed E-state index contributed by atoms with van der Waals surface area (Å²) in [7, 11) is 0. The molecule has 0 amide bonds. The van der Waals surface area contributed by atoms with Crippen molar-refractivity contribution in [3.8, 4) is 11.3 Å². The molecule has 0 bridgehead atoms. The van der Waals surface area contributed by atoms with Gasteiger partial charge in [-0.25, -0.2) is 4.40 Å². The van der Waals surface area contributed by atoms with Crippen LogP contribution in [0, 0.1) is 0 Å². The summed E-state index contributed by atoms with van der Waals surface area (Å²) in [5.74, 6) is 0.313. The van der Waals surface area contributed by atoms with E-state index in [2.05, 4.69) is 4.98 Å². The number of benzene rings is 2. The van der Waals surface area contributed by atoms with Gasteiger partial charge in [0.2, 0.25) is 0 Å². The second kappa shape index (κ2) is 4.06. The summed E-state index contributed by atoms with van der Waals surface area (Å²) >= 11 is 0. The smallest absolute Gasteiger partial charge is 0.309 e. The van der Waals surface area contributed by atoms with E-state index in [-0.39, 0.29) is 5.56 Å². The van der Waals surface area contributed by atoms with Crippen LogP contribution in [0.25, 0.3) is 28.0 Å². The van der Waals surface area contributed by atoms with E-state index >= 15 is 0 Å². The third kappa shape index (κ3) is 1.48. The normalized spacial score (nSPS) is 11.2. The average Bonchev–Trinajstić information content (AvgIpc) is 2.92. The molecule has 0 N–H and O–H groups in total. The van der Waals surface area contributed by atoms with Crippen molar-refractivity contribution in [2.24, 2.45) is 0 Å². The second-order valence-corrected chi connectivity index (χ2v) is 4.54. The molecule has 4 aromatic rings. The molecule has 0 aliphatic carbocycles. The third-order valence-corrected chi connectivity index (χ3v) is 3.33. The van der Waals surface area contributed by atoms with Gasteiger partial charge in [0.25, 0.3) is 5.56 Å². The van der Waals surface area contributed by atoms with Crippen molar-refractivity contribution in [3.05, 3.63) is 71.2 Å². The number of para-hydroxylation sites is 1. The number of rotatable bonds is 1. The second-order valence-electron chi connectivity index (χ2n) is 4.54. The molecular weight excluding hydrogens is 252 g/mol. The summed E-state index contributed by atoms with van der Waals surface area (Å²) < 4.78 is 6.96. The van der Waals surface area contributed by atoms with Crippen LogP contribution in [0.15, 0.2) is 70.1 Å². The number of oxazole rings is 1. The standard InChI is InChI=1S/C16H10N2O2/c19-15-12-8-4-5-9-13(12)17-16-18(15)14(10-20-16)11-6-2-1-3-7-11/h1-10H. The van der Waals surface area contributed by atoms with E-state index in [0.717, 1.165) is 5.56 Å². The summed E-state index contributed by atoms with van der Waals surface area (Å²) in [6.45, 7) is 0. The Morgan fingerprint density at radius 3 is 2.55 bits per heavy atom. The molecular formula is C16H10N2O2. The fourth-order valence-corrected chi connectivity index (χ4v) is 2.37. The third-order valence-electron chi connectivity index (χ3n) is 3.33.